The summed E-state index contributed by atoms with van der Waals surface area (Å²) < 4.78 is 14.8. The zero-order valence-electron chi connectivity index (χ0n) is 19.9. The van der Waals surface area contributed by atoms with Gasteiger partial charge in [0.25, 0.3) is 5.91 Å². The van der Waals surface area contributed by atoms with Gasteiger partial charge < -0.3 is 19.6 Å². The maximum atomic E-state index is 13.3. The number of carboxylic acid groups (broad SMARTS) is 1. The van der Waals surface area contributed by atoms with Gasteiger partial charge in [0.15, 0.2) is 0 Å². The van der Waals surface area contributed by atoms with E-state index in [-0.39, 0.29) is 18.4 Å². The first kappa shape index (κ1) is 22.7. The summed E-state index contributed by atoms with van der Waals surface area (Å²) in [6.45, 7) is 3.32. The minimum Gasteiger partial charge on any atom is -0.493 e. The van der Waals surface area contributed by atoms with E-state index in [2.05, 4.69) is 0 Å². The first-order valence-electron chi connectivity index (χ1n) is 11.3. The van der Waals surface area contributed by atoms with Crippen LogP contribution in [0.15, 0.2) is 48.5 Å². The van der Waals surface area contributed by atoms with Crippen LogP contribution in [0.4, 0.5) is 5.69 Å². The molecule has 1 N–H and O–H groups in total. The van der Waals surface area contributed by atoms with Crippen LogP contribution in [0, 0.1) is 0 Å². The number of amides is 1. The van der Waals surface area contributed by atoms with Crippen LogP contribution in [0.5, 0.6) is 5.75 Å². The highest BCUT2D eigenvalue weighted by Crippen LogP contribution is 2.23. The number of ether oxygens (including phenoxy) is 1. The summed E-state index contributed by atoms with van der Waals surface area (Å²) >= 11 is 0. The molecular formula is C25H34N2O4. The van der Waals surface area contributed by atoms with Gasteiger partial charge in [0.2, 0.25) is 0 Å². The molecule has 0 aromatic heterocycles. The molecule has 0 bridgehead atoms. The number of carboxylic acids is 1. The van der Waals surface area contributed by atoms with Crippen molar-refractivity contribution in [1.29, 1.82) is 0 Å². The molecule has 1 unspecified atom stereocenters. The van der Waals surface area contributed by atoms with Crippen molar-refractivity contribution >= 4 is 17.6 Å². The molecule has 0 saturated carbocycles. The normalized spacial score (nSPS) is 12.2. The lowest BCUT2D eigenvalue weighted by atomic mass is 10.1. The number of hydrogen-bond acceptors (Lipinski definition) is 4. The summed E-state index contributed by atoms with van der Waals surface area (Å²) in [5.74, 6) is -0.413. The van der Waals surface area contributed by atoms with E-state index in [1.165, 1.54) is 0 Å². The number of aliphatic carboxylic acids is 1. The van der Waals surface area contributed by atoms with Gasteiger partial charge in [-0.1, -0.05) is 18.2 Å². The zero-order valence-corrected chi connectivity index (χ0v) is 18.9. The van der Waals surface area contributed by atoms with E-state index in [1.54, 1.807) is 17.0 Å². The number of nitrogens with zero attached hydrogens (tertiary/aromatic N) is 2. The maximum Gasteiger partial charge on any atom is 0.303 e. The summed E-state index contributed by atoms with van der Waals surface area (Å²) in [7, 11) is 3.89. The van der Waals surface area contributed by atoms with Gasteiger partial charge >= 0.3 is 5.97 Å². The predicted molar refractivity (Wildman–Crippen MR) is 124 cm³/mol. The Labute approximate surface area is 186 Å². The SMILES string of the molecule is [2H]C(c1ccccc1OCCCCCC(=O)O)N(C(=O)c1ccc(N(C)C)cc1)C(C)C. The first-order chi connectivity index (χ1) is 15.2. The van der Waals surface area contributed by atoms with Crippen LogP contribution in [0.2, 0.25) is 0 Å². The minimum absolute atomic E-state index is 0.159. The second-order valence-electron chi connectivity index (χ2n) is 7.97. The van der Waals surface area contributed by atoms with Gasteiger partial charge in [-0.05, 0) is 63.4 Å². The van der Waals surface area contributed by atoms with Gasteiger partial charge in [0, 0.05) is 49.9 Å². The van der Waals surface area contributed by atoms with Gasteiger partial charge in [-0.3, -0.25) is 9.59 Å². The molecule has 0 radical (unpaired) electrons. The molecule has 0 spiro atoms. The van der Waals surface area contributed by atoms with E-state index in [0.717, 1.165) is 18.5 Å². The lowest BCUT2D eigenvalue weighted by Crippen LogP contribution is -2.36. The predicted octanol–water partition coefficient (Wildman–Crippen LogP) is 4.83. The highest BCUT2D eigenvalue weighted by molar-refractivity contribution is 5.94. The van der Waals surface area contributed by atoms with Crippen molar-refractivity contribution in [2.24, 2.45) is 0 Å². The van der Waals surface area contributed by atoms with Gasteiger partial charge in [0.1, 0.15) is 5.75 Å². The topological polar surface area (TPSA) is 70.1 Å². The molecule has 168 valence electrons. The standard InChI is InChI=1S/C25H34N2O4/c1-19(2)27(25(30)20-13-15-22(16-14-20)26(3)4)18-21-10-7-8-11-23(21)31-17-9-5-6-12-24(28)29/h7-8,10-11,13-16,19H,5-6,9,12,17-18H2,1-4H3,(H,28,29)/i18D. The highest BCUT2D eigenvalue weighted by Gasteiger charge is 2.20. The van der Waals surface area contributed by atoms with Crippen molar-refractivity contribution in [2.45, 2.75) is 52.1 Å². The average molecular weight is 428 g/mol. The van der Waals surface area contributed by atoms with Crippen LogP contribution < -0.4 is 9.64 Å². The number of benzene rings is 2. The van der Waals surface area contributed by atoms with E-state index in [9.17, 15) is 9.59 Å². The molecule has 0 aliphatic heterocycles. The molecule has 0 heterocycles. The molecule has 6 nitrogen and oxygen atoms in total. The summed E-state index contributed by atoms with van der Waals surface area (Å²) in [6.07, 6.45) is 2.27. The Morgan fingerprint density at radius 3 is 2.32 bits per heavy atom. The number of para-hydroxylation sites is 1. The molecule has 2 rings (SSSR count). The molecule has 0 saturated heterocycles. The van der Waals surface area contributed by atoms with Crippen LogP contribution in [0.3, 0.4) is 0 Å². The fourth-order valence-corrected chi connectivity index (χ4v) is 3.10. The third kappa shape index (κ3) is 7.63. The largest absolute Gasteiger partial charge is 0.493 e. The van der Waals surface area contributed by atoms with Crippen molar-refractivity contribution < 1.29 is 20.8 Å². The number of rotatable bonds is 12. The van der Waals surface area contributed by atoms with E-state index in [1.807, 2.05) is 69.2 Å². The Hall–Kier alpha value is -3.02. The molecular weight excluding hydrogens is 392 g/mol. The number of hydrogen-bond donors (Lipinski definition) is 1. The molecule has 2 aromatic rings. The van der Waals surface area contributed by atoms with Crippen LogP contribution in [0.1, 0.15) is 56.8 Å². The molecule has 0 fully saturated rings. The maximum absolute atomic E-state index is 13.3. The van der Waals surface area contributed by atoms with Crippen molar-refractivity contribution in [1.82, 2.24) is 4.90 Å². The lowest BCUT2D eigenvalue weighted by Gasteiger charge is -2.28. The summed E-state index contributed by atoms with van der Waals surface area (Å²) in [6, 6.07) is 14.5. The summed E-state index contributed by atoms with van der Waals surface area (Å²) in [5, 5.41) is 8.72. The first-order valence-corrected chi connectivity index (χ1v) is 10.7. The Bertz CT molecular complexity index is 884. The Morgan fingerprint density at radius 1 is 1.03 bits per heavy atom. The molecule has 1 amide bonds. The Balaban J connectivity index is 2.13. The van der Waals surface area contributed by atoms with Crippen molar-refractivity contribution in [3.8, 4) is 5.75 Å². The monoisotopic (exact) mass is 427 g/mol. The van der Waals surface area contributed by atoms with Gasteiger partial charge in [-0.15, -0.1) is 0 Å². The van der Waals surface area contributed by atoms with E-state index in [0.29, 0.717) is 29.9 Å². The van der Waals surface area contributed by atoms with Gasteiger partial charge in [0.05, 0.1) is 7.98 Å². The second-order valence-corrected chi connectivity index (χ2v) is 7.97. The fourth-order valence-electron chi connectivity index (χ4n) is 3.10. The van der Waals surface area contributed by atoms with Gasteiger partial charge in [-0.25, -0.2) is 0 Å². The Kier molecular flexibility index (Phi) is 8.76. The fraction of sp³-hybridized carbons (Fsp3) is 0.440. The average Bonchev–Trinajstić information content (AvgIpc) is 2.76. The highest BCUT2D eigenvalue weighted by atomic mass is 16.5. The molecule has 0 aliphatic carbocycles. The number of anilines is 1. The summed E-state index contributed by atoms with van der Waals surface area (Å²) in [5.41, 5.74) is 2.17. The van der Waals surface area contributed by atoms with Gasteiger partial charge in [-0.2, -0.15) is 0 Å². The minimum atomic E-state index is -0.917. The quantitative estimate of drug-likeness (QED) is 0.492. The molecule has 1 atom stereocenters. The van der Waals surface area contributed by atoms with E-state index >= 15 is 0 Å². The molecule has 2 aromatic carbocycles. The smallest absolute Gasteiger partial charge is 0.303 e. The van der Waals surface area contributed by atoms with Crippen LogP contribution in [-0.4, -0.2) is 48.6 Å². The number of unbranched alkanes of at least 4 members (excludes halogenated alkanes) is 2. The van der Waals surface area contributed by atoms with Crippen LogP contribution in [0.25, 0.3) is 0 Å². The number of carbonyl (C=O) groups is 2. The van der Waals surface area contributed by atoms with E-state index < -0.39 is 12.5 Å². The lowest BCUT2D eigenvalue weighted by molar-refractivity contribution is -0.137. The molecule has 0 aliphatic rings. The Morgan fingerprint density at radius 2 is 1.71 bits per heavy atom. The summed E-state index contributed by atoms with van der Waals surface area (Å²) in [4.78, 5) is 27.4. The molecule has 6 heteroatoms. The van der Waals surface area contributed by atoms with Crippen LogP contribution >= 0.6 is 0 Å². The third-order valence-corrected chi connectivity index (χ3v) is 4.91. The number of carbonyl (C=O) groups excluding carboxylic acids is 1. The molecule has 31 heavy (non-hydrogen) atoms. The van der Waals surface area contributed by atoms with Crippen molar-refractivity contribution in [2.75, 3.05) is 25.6 Å². The van der Waals surface area contributed by atoms with Crippen LogP contribution in [-0.2, 0) is 11.3 Å². The second kappa shape index (κ2) is 12.0. The third-order valence-electron chi connectivity index (χ3n) is 4.91. The zero-order chi connectivity index (χ0) is 23.7. The van der Waals surface area contributed by atoms with E-state index in [4.69, 9.17) is 11.2 Å². The van der Waals surface area contributed by atoms with Crippen molar-refractivity contribution in [3.05, 3.63) is 59.7 Å². The van der Waals surface area contributed by atoms with Crippen molar-refractivity contribution in [3.63, 3.8) is 0 Å².